The summed E-state index contributed by atoms with van der Waals surface area (Å²) < 4.78 is 11.1. The van der Waals surface area contributed by atoms with Gasteiger partial charge < -0.3 is 20.1 Å². The van der Waals surface area contributed by atoms with Gasteiger partial charge in [-0.2, -0.15) is 0 Å². The highest BCUT2D eigenvalue weighted by molar-refractivity contribution is 6.09. The predicted molar refractivity (Wildman–Crippen MR) is 118 cm³/mol. The number of hydrogen-bond donors (Lipinski definition) is 2. The van der Waals surface area contributed by atoms with Crippen LogP contribution in [-0.4, -0.2) is 32.1 Å². The molecule has 0 spiro atoms. The van der Waals surface area contributed by atoms with Crippen molar-refractivity contribution < 1.29 is 19.1 Å². The lowest BCUT2D eigenvalue weighted by Crippen LogP contribution is -2.30. The number of hydrogen-bond acceptors (Lipinski definition) is 4. The van der Waals surface area contributed by atoms with Crippen molar-refractivity contribution in [2.45, 2.75) is 19.8 Å². The van der Waals surface area contributed by atoms with E-state index in [-0.39, 0.29) is 18.4 Å². The van der Waals surface area contributed by atoms with E-state index in [0.29, 0.717) is 29.3 Å². The van der Waals surface area contributed by atoms with Crippen LogP contribution in [0.4, 0.5) is 5.69 Å². The van der Waals surface area contributed by atoms with Crippen LogP contribution in [0.15, 0.2) is 60.7 Å². The number of benzene rings is 3. The maximum atomic E-state index is 13.1. The molecular weight excluding hydrogens is 380 g/mol. The Balaban J connectivity index is 1.85. The summed E-state index contributed by atoms with van der Waals surface area (Å²) in [4.78, 5) is 25.1. The van der Waals surface area contributed by atoms with Gasteiger partial charge in [0.15, 0.2) is 6.61 Å². The number of nitrogens with one attached hydrogen (secondary N) is 2. The molecule has 156 valence electrons. The number of methoxy groups -OCH3 is 1. The maximum Gasteiger partial charge on any atom is 0.259 e. The molecule has 0 aliphatic rings. The van der Waals surface area contributed by atoms with E-state index in [1.807, 2.05) is 36.4 Å². The van der Waals surface area contributed by atoms with E-state index in [0.717, 1.165) is 23.6 Å². The molecule has 0 unspecified atom stereocenters. The number of carbonyl (C=O) groups excluding carboxylic acids is 2. The van der Waals surface area contributed by atoms with Gasteiger partial charge in [-0.3, -0.25) is 9.59 Å². The fraction of sp³-hybridized carbons (Fsp3) is 0.250. The van der Waals surface area contributed by atoms with Crippen molar-refractivity contribution in [2.75, 3.05) is 25.6 Å². The molecule has 0 radical (unpaired) electrons. The number of ether oxygens (including phenoxy) is 2. The van der Waals surface area contributed by atoms with E-state index < -0.39 is 0 Å². The zero-order valence-electron chi connectivity index (χ0n) is 17.2. The molecular formula is C24H26N2O4. The monoisotopic (exact) mass is 406 g/mol. The van der Waals surface area contributed by atoms with Gasteiger partial charge >= 0.3 is 0 Å². The van der Waals surface area contributed by atoms with Gasteiger partial charge in [-0.15, -0.1) is 0 Å². The molecule has 2 amide bonds. The Hall–Kier alpha value is -3.54. The summed E-state index contributed by atoms with van der Waals surface area (Å²) in [5.74, 6) is 0.357. The molecule has 0 bridgehead atoms. The van der Waals surface area contributed by atoms with E-state index >= 15 is 0 Å². The molecule has 0 aliphatic carbocycles. The minimum atomic E-state index is -0.341. The number of carbonyl (C=O) groups is 2. The molecule has 0 fully saturated rings. The number of amides is 2. The molecule has 6 nitrogen and oxygen atoms in total. The van der Waals surface area contributed by atoms with Crippen molar-refractivity contribution in [3.63, 3.8) is 0 Å². The molecule has 0 saturated carbocycles. The van der Waals surface area contributed by atoms with E-state index in [4.69, 9.17) is 9.47 Å². The molecule has 3 rings (SSSR count). The van der Waals surface area contributed by atoms with Crippen LogP contribution in [0, 0.1) is 0 Å². The van der Waals surface area contributed by atoms with Crippen molar-refractivity contribution >= 4 is 28.3 Å². The van der Waals surface area contributed by atoms with Crippen molar-refractivity contribution in [2.24, 2.45) is 0 Å². The highest BCUT2D eigenvalue weighted by Gasteiger charge is 2.17. The first-order valence-electron chi connectivity index (χ1n) is 9.99. The van der Waals surface area contributed by atoms with Gasteiger partial charge in [0.05, 0.1) is 18.4 Å². The van der Waals surface area contributed by atoms with Gasteiger partial charge in [0.1, 0.15) is 11.5 Å². The average Bonchev–Trinajstić information content (AvgIpc) is 2.77. The molecule has 30 heavy (non-hydrogen) atoms. The van der Waals surface area contributed by atoms with Crippen LogP contribution in [0.1, 0.15) is 30.1 Å². The lowest BCUT2D eigenvalue weighted by atomic mass is 10.1. The van der Waals surface area contributed by atoms with Gasteiger partial charge in [-0.1, -0.05) is 49.7 Å². The average molecular weight is 406 g/mol. The van der Waals surface area contributed by atoms with Crippen LogP contribution in [0.5, 0.6) is 11.5 Å². The fourth-order valence-electron chi connectivity index (χ4n) is 3.05. The number of para-hydroxylation sites is 2. The zero-order valence-corrected chi connectivity index (χ0v) is 17.2. The number of fused-ring (bicyclic) bond motifs is 1. The quantitative estimate of drug-likeness (QED) is 0.517. The number of unbranched alkanes of at least 4 members (excludes halogenated alkanes) is 1. The topological polar surface area (TPSA) is 76.7 Å². The van der Waals surface area contributed by atoms with Crippen LogP contribution >= 0.6 is 0 Å². The Bertz CT molecular complexity index is 1030. The lowest BCUT2D eigenvalue weighted by Gasteiger charge is -2.14. The van der Waals surface area contributed by atoms with Gasteiger partial charge in [0.2, 0.25) is 0 Å². The van der Waals surface area contributed by atoms with Crippen LogP contribution in [-0.2, 0) is 4.79 Å². The lowest BCUT2D eigenvalue weighted by molar-refractivity contribution is -0.123. The zero-order chi connectivity index (χ0) is 21.3. The summed E-state index contributed by atoms with van der Waals surface area (Å²) >= 11 is 0. The summed E-state index contributed by atoms with van der Waals surface area (Å²) in [5.41, 5.74) is 0.905. The Kier molecular flexibility index (Phi) is 7.27. The summed E-state index contributed by atoms with van der Waals surface area (Å²) in [6.45, 7) is 2.51. The largest absolute Gasteiger partial charge is 0.495 e. The minimum Gasteiger partial charge on any atom is -0.495 e. The molecule has 0 aromatic heterocycles. The van der Waals surface area contributed by atoms with Crippen molar-refractivity contribution in [1.82, 2.24) is 5.32 Å². The van der Waals surface area contributed by atoms with Gasteiger partial charge in [-0.25, -0.2) is 0 Å². The smallest absolute Gasteiger partial charge is 0.259 e. The normalized spacial score (nSPS) is 10.5. The Morgan fingerprint density at radius 2 is 1.63 bits per heavy atom. The molecule has 3 aromatic rings. The fourth-order valence-corrected chi connectivity index (χ4v) is 3.05. The van der Waals surface area contributed by atoms with Crippen LogP contribution < -0.4 is 20.1 Å². The van der Waals surface area contributed by atoms with Gasteiger partial charge in [-0.05, 0) is 41.5 Å². The SMILES string of the molecule is CCCCNC(=O)COc1cc2ccccc2cc1C(=O)Nc1ccccc1OC. The van der Waals surface area contributed by atoms with E-state index in [9.17, 15) is 9.59 Å². The third-order valence-corrected chi connectivity index (χ3v) is 4.66. The highest BCUT2D eigenvalue weighted by atomic mass is 16.5. The number of anilines is 1. The Morgan fingerprint density at radius 1 is 0.933 bits per heavy atom. The molecule has 0 atom stereocenters. The van der Waals surface area contributed by atoms with Crippen molar-refractivity contribution in [3.05, 3.63) is 66.2 Å². The molecule has 3 aromatic carbocycles. The third kappa shape index (κ3) is 5.29. The second-order valence-corrected chi connectivity index (χ2v) is 6.84. The van der Waals surface area contributed by atoms with Crippen LogP contribution in [0.3, 0.4) is 0 Å². The second kappa shape index (κ2) is 10.3. The van der Waals surface area contributed by atoms with Crippen LogP contribution in [0.25, 0.3) is 10.8 Å². The van der Waals surface area contributed by atoms with E-state index in [1.165, 1.54) is 0 Å². The highest BCUT2D eigenvalue weighted by Crippen LogP contribution is 2.29. The second-order valence-electron chi connectivity index (χ2n) is 6.84. The summed E-state index contributed by atoms with van der Waals surface area (Å²) in [5, 5.41) is 7.51. The van der Waals surface area contributed by atoms with Gasteiger partial charge in [0.25, 0.3) is 11.8 Å². The first-order valence-corrected chi connectivity index (χ1v) is 9.99. The molecule has 0 saturated heterocycles. The Labute approximate surface area is 176 Å². The maximum absolute atomic E-state index is 13.1. The number of rotatable bonds is 9. The molecule has 2 N–H and O–H groups in total. The van der Waals surface area contributed by atoms with E-state index in [2.05, 4.69) is 17.6 Å². The predicted octanol–water partition coefficient (Wildman–Crippen LogP) is 4.40. The van der Waals surface area contributed by atoms with Crippen molar-refractivity contribution in [1.29, 1.82) is 0 Å². The molecule has 0 heterocycles. The summed E-state index contributed by atoms with van der Waals surface area (Å²) in [6, 6.07) is 18.4. The first kappa shape index (κ1) is 21.2. The van der Waals surface area contributed by atoms with Crippen molar-refractivity contribution in [3.8, 4) is 11.5 Å². The molecule has 0 aliphatic heterocycles. The standard InChI is InChI=1S/C24H26N2O4/c1-3-4-13-25-23(27)16-30-22-15-18-10-6-5-9-17(18)14-19(22)24(28)26-20-11-7-8-12-21(20)29-2/h5-12,14-15H,3-4,13,16H2,1-2H3,(H,25,27)(H,26,28). The summed E-state index contributed by atoms with van der Waals surface area (Å²) in [7, 11) is 1.55. The van der Waals surface area contributed by atoms with Gasteiger partial charge in [0, 0.05) is 6.54 Å². The van der Waals surface area contributed by atoms with Crippen LogP contribution in [0.2, 0.25) is 0 Å². The Morgan fingerprint density at radius 3 is 2.37 bits per heavy atom. The molecule has 6 heteroatoms. The summed E-state index contributed by atoms with van der Waals surface area (Å²) in [6.07, 6.45) is 1.91. The van der Waals surface area contributed by atoms with E-state index in [1.54, 1.807) is 31.4 Å². The first-order chi connectivity index (χ1) is 14.6. The third-order valence-electron chi connectivity index (χ3n) is 4.66. The minimum absolute atomic E-state index is 0.156.